The van der Waals surface area contributed by atoms with Gasteiger partial charge in [-0.2, -0.15) is 18.3 Å². The Balaban J connectivity index is 1.68. The van der Waals surface area contributed by atoms with Gasteiger partial charge < -0.3 is 10.0 Å². The highest BCUT2D eigenvalue weighted by Crippen LogP contribution is 2.37. The smallest absolute Gasteiger partial charge is 0.379 e. The predicted octanol–water partition coefficient (Wildman–Crippen LogP) is 1.86. The molecular formula is C16H17F3N4O2. The van der Waals surface area contributed by atoms with Gasteiger partial charge in [0.1, 0.15) is 12.9 Å². The molecule has 1 saturated heterocycles. The third-order valence-electron chi connectivity index (χ3n) is 4.22. The van der Waals surface area contributed by atoms with E-state index in [9.17, 15) is 23.1 Å². The van der Waals surface area contributed by atoms with Gasteiger partial charge >= 0.3 is 6.18 Å². The summed E-state index contributed by atoms with van der Waals surface area (Å²) in [7, 11) is 0. The summed E-state index contributed by atoms with van der Waals surface area (Å²) in [5, 5.41) is 14.0. The number of aliphatic hydroxyl groups is 1. The van der Waals surface area contributed by atoms with Crippen molar-refractivity contribution in [3.63, 3.8) is 0 Å². The molecule has 2 heterocycles. The van der Waals surface area contributed by atoms with Crippen LogP contribution in [0.3, 0.4) is 0 Å². The predicted molar refractivity (Wildman–Crippen MR) is 82.3 cm³/mol. The topological polar surface area (TPSA) is 71.2 Å². The van der Waals surface area contributed by atoms with Crippen LogP contribution in [-0.2, 0) is 11.3 Å². The quantitative estimate of drug-likeness (QED) is 0.913. The molecule has 3 rings (SSSR count). The summed E-state index contributed by atoms with van der Waals surface area (Å²) in [5.41, 5.74) is -2.07. The molecule has 1 fully saturated rings. The minimum Gasteiger partial charge on any atom is -0.379 e. The van der Waals surface area contributed by atoms with Gasteiger partial charge in [0.05, 0.1) is 6.54 Å². The molecule has 6 nitrogen and oxygen atoms in total. The Bertz CT molecular complexity index is 747. The maximum absolute atomic E-state index is 13.0. The molecule has 1 aromatic heterocycles. The molecule has 2 aromatic rings. The Labute approximate surface area is 141 Å². The second kappa shape index (κ2) is 6.47. The Morgan fingerprint density at radius 1 is 1.28 bits per heavy atom. The first-order valence-electron chi connectivity index (χ1n) is 7.80. The lowest BCUT2D eigenvalue weighted by Crippen LogP contribution is -2.58. The van der Waals surface area contributed by atoms with Gasteiger partial charge in [-0.15, -0.1) is 0 Å². The highest BCUT2D eigenvalue weighted by atomic mass is 19.4. The molecule has 0 saturated carbocycles. The molecular weight excluding hydrogens is 337 g/mol. The van der Waals surface area contributed by atoms with Gasteiger partial charge in [-0.05, 0) is 12.8 Å². The lowest BCUT2D eigenvalue weighted by Gasteiger charge is -2.40. The number of alkyl halides is 3. The maximum Gasteiger partial charge on any atom is 0.418 e. The molecule has 0 spiro atoms. The van der Waals surface area contributed by atoms with E-state index < -0.39 is 30.7 Å². The van der Waals surface area contributed by atoms with Gasteiger partial charge in [0, 0.05) is 12.1 Å². The van der Waals surface area contributed by atoms with Crippen molar-refractivity contribution >= 4 is 5.91 Å². The number of hydrogen-bond donors (Lipinski definition) is 1. The number of nitrogens with zero attached hydrogens (tertiary/aromatic N) is 4. The Kier molecular flexibility index (Phi) is 4.51. The number of piperidine rings is 1. The van der Waals surface area contributed by atoms with Crippen molar-refractivity contribution in [2.75, 3.05) is 13.1 Å². The summed E-state index contributed by atoms with van der Waals surface area (Å²) in [4.78, 5) is 17.4. The largest absolute Gasteiger partial charge is 0.418 e. The van der Waals surface area contributed by atoms with E-state index >= 15 is 0 Å². The van der Waals surface area contributed by atoms with Crippen LogP contribution in [0.15, 0.2) is 36.7 Å². The number of benzene rings is 1. The van der Waals surface area contributed by atoms with Crippen LogP contribution in [-0.4, -0.2) is 55.5 Å². The second-order valence-electron chi connectivity index (χ2n) is 6.08. The van der Waals surface area contributed by atoms with Gasteiger partial charge in [0.2, 0.25) is 5.91 Å². The van der Waals surface area contributed by atoms with Gasteiger partial charge in [-0.1, -0.05) is 30.3 Å². The SMILES string of the molecule is O=C(Cn1cnc(-c2ccccc2)n1)N1CCCC(O)(C(F)(F)F)C1. The zero-order valence-electron chi connectivity index (χ0n) is 13.3. The summed E-state index contributed by atoms with van der Waals surface area (Å²) < 4.78 is 40.2. The maximum atomic E-state index is 13.0. The molecule has 0 bridgehead atoms. The summed E-state index contributed by atoms with van der Waals surface area (Å²) in [6.45, 7) is -0.805. The van der Waals surface area contributed by atoms with Crippen molar-refractivity contribution in [3.8, 4) is 11.4 Å². The van der Waals surface area contributed by atoms with Crippen molar-refractivity contribution in [3.05, 3.63) is 36.7 Å². The van der Waals surface area contributed by atoms with E-state index in [2.05, 4.69) is 10.1 Å². The Morgan fingerprint density at radius 3 is 2.68 bits per heavy atom. The molecule has 1 aliphatic rings. The van der Waals surface area contributed by atoms with E-state index in [-0.39, 0.29) is 19.5 Å². The lowest BCUT2D eigenvalue weighted by molar-refractivity contribution is -0.272. The highest BCUT2D eigenvalue weighted by molar-refractivity contribution is 5.76. The minimum absolute atomic E-state index is 0.0916. The number of carbonyl (C=O) groups excluding carboxylic acids is 1. The van der Waals surface area contributed by atoms with Crippen molar-refractivity contribution in [2.45, 2.75) is 31.2 Å². The zero-order chi connectivity index (χ0) is 18.1. The molecule has 0 aliphatic carbocycles. The van der Waals surface area contributed by atoms with Gasteiger partial charge in [0.15, 0.2) is 11.4 Å². The average Bonchev–Trinajstić information content (AvgIpc) is 3.03. The van der Waals surface area contributed by atoms with Crippen LogP contribution in [0.5, 0.6) is 0 Å². The van der Waals surface area contributed by atoms with E-state index in [1.165, 1.54) is 11.0 Å². The van der Waals surface area contributed by atoms with E-state index in [0.717, 1.165) is 10.5 Å². The van der Waals surface area contributed by atoms with Gasteiger partial charge in [0.25, 0.3) is 0 Å². The second-order valence-corrected chi connectivity index (χ2v) is 6.08. The number of aromatic nitrogens is 3. The molecule has 1 atom stereocenters. The van der Waals surface area contributed by atoms with Crippen LogP contribution in [0.2, 0.25) is 0 Å². The van der Waals surface area contributed by atoms with Crippen LogP contribution in [0.25, 0.3) is 11.4 Å². The van der Waals surface area contributed by atoms with Crippen molar-refractivity contribution in [1.29, 1.82) is 0 Å². The first kappa shape index (κ1) is 17.4. The first-order chi connectivity index (χ1) is 11.8. The number of halogens is 3. The van der Waals surface area contributed by atoms with Crippen LogP contribution in [0, 0.1) is 0 Å². The molecule has 1 aromatic carbocycles. The van der Waals surface area contributed by atoms with Crippen molar-refractivity contribution in [2.24, 2.45) is 0 Å². The lowest BCUT2D eigenvalue weighted by atomic mass is 9.92. The van der Waals surface area contributed by atoms with Gasteiger partial charge in [-0.3, -0.25) is 4.79 Å². The normalized spacial score (nSPS) is 21.4. The standard InChI is InChI=1S/C16H17F3N4O2/c17-16(18,19)15(25)7-4-8-22(10-15)13(24)9-23-11-20-14(21-23)12-5-2-1-3-6-12/h1-3,5-6,11,25H,4,7-10H2. The number of rotatable bonds is 3. The van der Waals surface area contributed by atoms with E-state index in [1.54, 1.807) is 0 Å². The minimum atomic E-state index is -4.76. The Morgan fingerprint density at radius 2 is 2.00 bits per heavy atom. The van der Waals surface area contributed by atoms with Crippen LogP contribution in [0.4, 0.5) is 13.2 Å². The summed E-state index contributed by atoms with van der Waals surface area (Å²) in [5.74, 6) is -0.106. The van der Waals surface area contributed by atoms with E-state index in [1.807, 2.05) is 30.3 Å². The molecule has 1 aliphatic heterocycles. The fourth-order valence-corrected chi connectivity index (χ4v) is 2.81. The fourth-order valence-electron chi connectivity index (χ4n) is 2.81. The molecule has 134 valence electrons. The van der Waals surface area contributed by atoms with Crippen molar-refractivity contribution < 1.29 is 23.1 Å². The third-order valence-corrected chi connectivity index (χ3v) is 4.22. The monoisotopic (exact) mass is 354 g/mol. The number of carbonyl (C=O) groups is 1. The molecule has 25 heavy (non-hydrogen) atoms. The summed E-state index contributed by atoms with van der Waals surface area (Å²) in [6.07, 6.45) is -3.71. The van der Waals surface area contributed by atoms with Crippen LogP contribution >= 0.6 is 0 Å². The van der Waals surface area contributed by atoms with E-state index in [0.29, 0.717) is 5.82 Å². The average molecular weight is 354 g/mol. The van der Waals surface area contributed by atoms with E-state index in [4.69, 9.17) is 0 Å². The number of likely N-dealkylation sites (tertiary alicyclic amines) is 1. The number of amides is 1. The number of hydrogen-bond acceptors (Lipinski definition) is 4. The zero-order valence-corrected chi connectivity index (χ0v) is 13.3. The highest BCUT2D eigenvalue weighted by Gasteiger charge is 2.55. The summed E-state index contributed by atoms with van der Waals surface area (Å²) >= 11 is 0. The first-order valence-corrected chi connectivity index (χ1v) is 7.80. The third kappa shape index (κ3) is 3.65. The molecule has 0 radical (unpaired) electrons. The Hall–Kier alpha value is -2.42. The molecule has 1 amide bonds. The molecule has 1 unspecified atom stereocenters. The van der Waals surface area contributed by atoms with Crippen LogP contribution < -0.4 is 0 Å². The number of β-amino-alcohol motifs (C(OH)–C–C–N with tert-alkyl or cyclic N) is 1. The van der Waals surface area contributed by atoms with Crippen LogP contribution in [0.1, 0.15) is 12.8 Å². The fraction of sp³-hybridized carbons (Fsp3) is 0.438. The summed E-state index contributed by atoms with van der Waals surface area (Å²) in [6, 6.07) is 9.13. The molecule has 1 N–H and O–H groups in total. The molecule has 9 heteroatoms. The van der Waals surface area contributed by atoms with Gasteiger partial charge in [-0.25, -0.2) is 9.67 Å². The van der Waals surface area contributed by atoms with Crippen molar-refractivity contribution in [1.82, 2.24) is 19.7 Å².